The summed E-state index contributed by atoms with van der Waals surface area (Å²) in [5, 5.41) is 17.1. The van der Waals surface area contributed by atoms with Crippen LogP contribution in [0.1, 0.15) is 96.9 Å². The smallest absolute Gasteiger partial charge is 0.507 e. The number of nitrogens with zero attached hydrogens (tertiary/aromatic N) is 6. The fourth-order valence-electron chi connectivity index (χ4n) is 9.09. The first-order valence-electron chi connectivity index (χ1n) is 23.8. The van der Waals surface area contributed by atoms with E-state index in [4.69, 9.17) is 51.9 Å². The molecule has 4 aliphatic heterocycles. The number of nitrogens with one attached hydrogen (secondary N) is 2. The average Bonchev–Trinajstić information content (AvgIpc) is 3.51. The van der Waals surface area contributed by atoms with Crippen molar-refractivity contribution in [2.75, 3.05) is 63.1 Å². The van der Waals surface area contributed by atoms with Crippen LogP contribution in [-0.4, -0.2) is 146 Å². The Balaban J connectivity index is 1.16. The molecule has 0 spiro atoms. The molecular weight excluding hydrogens is 994 g/mol. The van der Waals surface area contributed by atoms with Crippen molar-refractivity contribution in [1.29, 1.82) is 0 Å². The molecule has 0 bridgehead atoms. The Morgan fingerprint density at radius 3 is 1.74 bits per heavy atom. The van der Waals surface area contributed by atoms with Crippen LogP contribution in [0.2, 0.25) is 10.0 Å². The second-order valence-corrected chi connectivity index (χ2v) is 22.6. The predicted octanol–water partition coefficient (Wildman–Crippen LogP) is 9.45. The summed E-state index contributed by atoms with van der Waals surface area (Å²) in [6.07, 6.45) is -1.67. The number of piperazine rings is 2. The van der Waals surface area contributed by atoms with Crippen molar-refractivity contribution < 1.29 is 56.7 Å². The zero-order valence-corrected chi connectivity index (χ0v) is 44.1. The number of fused-ring (bicyclic) bond motifs is 4. The van der Waals surface area contributed by atoms with Gasteiger partial charge in [0.25, 0.3) is 11.8 Å². The van der Waals surface area contributed by atoms with Crippen molar-refractivity contribution >= 4 is 58.9 Å². The molecule has 0 unspecified atom stereocenters. The summed E-state index contributed by atoms with van der Waals surface area (Å²) in [6, 6.07) is 6.37. The predicted molar refractivity (Wildman–Crippen MR) is 269 cm³/mol. The maximum Gasteiger partial charge on any atom is 0.514 e. The number of halogens is 4. The lowest BCUT2D eigenvalue weighted by Gasteiger charge is -2.47. The van der Waals surface area contributed by atoms with Gasteiger partial charge in [-0.3, -0.25) is 14.5 Å². The third kappa shape index (κ3) is 11.0. The molecule has 22 heteroatoms. The molecule has 2 atom stereocenters. The molecule has 18 nitrogen and oxygen atoms in total. The number of pyridine rings is 2. The number of carbonyl (C=O) groups excluding carboxylic acids is 4. The molecule has 0 aliphatic carbocycles. The van der Waals surface area contributed by atoms with Crippen LogP contribution in [0.15, 0.2) is 36.4 Å². The van der Waals surface area contributed by atoms with E-state index in [0.29, 0.717) is 0 Å². The number of amides is 3. The molecule has 4 aromatic rings. The lowest BCUT2D eigenvalue weighted by Crippen LogP contribution is -2.63. The van der Waals surface area contributed by atoms with Gasteiger partial charge in [0, 0.05) is 44.8 Å². The van der Waals surface area contributed by atoms with Gasteiger partial charge in [0.05, 0.1) is 28.9 Å². The van der Waals surface area contributed by atoms with Crippen LogP contribution in [0.25, 0.3) is 22.5 Å². The average molecular weight is 1050 g/mol. The van der Waals surface area contributed by atoms with E-state index in [0.717, 1.165) is 12.1 Å². The molecule has 3 amide bonds. The Morgan fingerprint density at radius 1 is 0.685 bits per heavy atom. The first-order chi connectivity index (χ1) is 34.0. The lowest BCUT2D eigenvalue weighted by molar-refractivity contribution is 0.000923. The number of phenolic OH excluding ortho intramolecular Hbond substituents is 1. The van der Waals surface area contributed by atoms with Gasteiger partial charge in [-0.1, -0.05) is 35.3 Å². The number of anilines is 2. The zero-order chi connectivity index (χ0) is 53.3. The zero-order valence-electron chi connectivity index (χ0n) is 42.6. The normalized spacial score (nSPS) is 18.5. The quantitative estimate of drug-likeness (QED) is 0.117. The highest BCUT2D eigenvalue weighted by molar-refractivity contribution is 6.36. The number of rotatable bonds is 7. The number of benzene rings is 2. The van der Waals surface area contributed by atoms with E-state index in [2.05, 4.69) is 15.6 Å². The number of aromatic nitrogens is 2. The number of carbonyl (C=O) groups is 4. The molecular formula is C51H60Cl2F2N8O10. The van der Waals surface area contributed by atoms with Crippen LogP contribution >= 0.6 is 23.2 Å². The van der Waals surface area contributed by atoms with E-state index in [9.17, 15) is 19.5 Å². The Hall–Kier alpha value is -6.38. The van der Waals surface area contributed by atoms with Crippen molar-refractivity contribution in [3.8, 4) is 45.5 Å². The molecule has 73 heavy (non-hydrogen) atoms. The SMILES string of the molecule is CC(C)(C)Nc1nc(-c2c(O)cccc2F)c(Cl)c2c1C(=O)N1CCN(C(C)(C)Nc3nc(-c4c(F)cccc4OC(=O)OC(C)(C)C)c(Cl)c4c3C(=O)N3CCN(C(=O)OC(C)(C)C)C[C@@H]3CO4)C[C@@H]1CO2. The van der Waals surface area contributed by atoms with Gasteiger partial charge in [-0.15, -0.1) is 0 Å². The standard InChI is InChI=1S/C51H60Cl2F2N8O10/c1-48(2,3)58-42-34-40(36(52)38(56-42)32-28(54)14-12-16-30(32)64)70-25-27-23-61(19-21-63(27)44(34)65)51(10,11)59-43-35-41(69-24-26-22-60(18-20-62(26)45(35)66)46(67)72-49(4,5)6)37(53)39(57-43)33-29(55)15-13-17-31(33)71-47(68)73-50(7,8)9/h12-17,26-27,64H,18-25H2,1-11H3,(H,56,58)(H,57,59)/t26-,27-/m1/s1. The van der Waals surface area contributed by atoms with Crippen molar-refractivity contribution in [1.82, 2.24) is 29.6 Å². The van der Waals surface area contributed by atoms with E-state index in [1.807, 2.05) is 39.5 Å². The Morgan fingerprint density at radius 2 is 1.19 bits per heavy atom. The molecule has 0 saturated carbocycles. The molecule has 2 saturated heterocycles. The molecule has 2 aromatic carbocycles. The number of hydrogen-bond acceptors (Lipinski definition) is 15. The van der Waals surface area contributed by atoms with Gasteiger partial charge in [-0.2, -0.15) is 0 Å². The first-order valence-corrected chi connectivity index (χ1v) is 24.6. The molecule has 4 aliphatic rings. The van der Waals surface area contributed by atoms with E-state index in [-0.39, 0.29) is 125 Å². The highest BCUT2D eigenvalue weighted by Gasteiger charge is 2.46. The number of aromatic hydroxyl groups is 1. The van der Waals surface area contributed by atoms with Crippen molar-refractivity contribution in [3.63, 3.8) is 0 Å². The largest absolute Gasteiger partial charge is 0.514 e. The summed E-state index contributed by atoms with van der Waals surface area (Å²) in [4.78, 5) is 72.3. The highest BCUT2D eigenvalue weighted by atomic mass is 35.5. The second-order valence-electron chi connectivity index (χ2n) is 21.8. The summed E-state index contributed by atoms with van der Waals surface area (Å²) >= 11 is 14.1. The Bertz CT molecular complexity index is 2870. The number of ether oxygens (including phenoxy) is 5. The van der Waals surface area contributed by atoms with Crippen LogP contribution in [0.5, 0.6) is 23.0 Å². The molecule has 2 aromatic heterocycles. The summed E-state index contributed by atoms with van der Waals surface area (Å²) < 4.78 is 61.1. The Labute approximate surface area is 432 Å². The monoisotopic (exact) mass is 1050 g/mol. The maximum absolute atomic E-state index is 16.3. The summed E-state index contributed by atoms with van der Waals surface area (Å²) in [5.41, 5.74) is -4.43. The number of hydrogen-bond donors (Lipinski definition) is 3. The minimum Gasteiger partial charge on any atom is -0.507 e. The minimum absolute atomic E-state index is 0.0307. The maximum atomic E-state index is 16.3. The van der Waals surface area contributed by atoms with Crippen molar-refractivity contribution in [3.05, 3.63) is 69.2 Å². The minimum atomic E-state index is -1.12. The molecule has 392 valence electrons. The van der Waals surface area contributed by atoms with Crippen LogP contribution in [0.3, 0.4) is 0 Å². The van der Waals surface area contributed by atoms with Crippen LogP contribution < -0.4 is 24.8 Å². The van der Waals surface area contributed by atoms with E-state index in [1.165, 1.54) is 29.2 Å². The van der Waals surface area contributed by atoms with E-state index in [1.54, 1.807) is 51.3 Å². The molecule has 3 N–H and O–H groups in total. The van der Waals surface area contributed by atoms with E-state index >= 15 is 13.6 Å². The summed E-state index contributed by atoms with van der Waals surface area (Å²) in [7, 11) is 0. The van der Waals surface area contributed by atoms with Gasteiger partial charge >= 0.3 is 12.2 Å². The van der Waals surface area contributed by atoms with Gasteiger partial charge in [-0.25, -0.2) is 28.3 Å². The summed E-state index contributed by atoms with van der Waals surface area (Å²) in [5.74, 6) is -3.44. The summed E-state index contributed by atoms with van der Waals surface area (Å²) in [6.45, 7) is 20.2. The molecule has 0 radical (unpaired) electrons. The van der Waals surface area contributed by atoms with Gasteiger partial charge in [0.1, 0.15) is 91.7 Å². The van der Waals surface area contributed by atoms with Crippen LogP contribution in [0.4, 0.5) is 30.0 Å². The van der Waals surface area contributed by atoms with Crippen molar-refractivity contribution in [2.24, 2.45) is 0 Å². The molecule has 6 heterocycles. The van der Waals surface area contributed by atoms with Gasteiger partial charge in [0.2, 0.25) is 0 Å². The van der Waals surface area contributed by atoms with Gasteiger partial charge in [0.15, 0.2) is 11.5 Å². The second kappa shape index (κ2) is 19.5. The van der Waals surface area contributed by atoms with Crippen LogP contribution in [-0.2, 0) is 9.47 Å². The Kier molecular flexibility index (Phi) is 14.1. The van der Waals surface area contributed by atoms with Crippen molar-refractivity contribution in [2.45, 2.75) is 111 Å². The fraction of sp³-hybridized carbons (Fsp3) is 0.490. The van der Waals surface area contributed by atoms with Gasteiger partial charge < -0.3 is 54.1 Å². The highest BCUT2D eigenvalue weighted by Crippen LogP contribution is 2.48. The van der Waals surface area contributed by atoms with E-state index < -0.39 is 75.9 Å². The first kappa shape index (κ1) is 52.9. The van der Waals surface area contributed by atoms with Gasteiger partial charge in [-0.05, 0) is 100 Å². The van der Waals surface area contributed by atoms with Crippen LogP contribution in [0, 0.1) is 11.6 Å². The topological polar surface area (TPSA) is 197 Å². The third-order valence-electron chi connectivity index (χ3n) is 12.3. The number of phenols is 1. The molecule has 2 fully saturated rings. The lowest BCUT2D eigenvalue weighted by atomic mass is 10.0. The fourth-order valence-corrected chi connectivity index (χ4v) is 9.66. The third-order valence-corrected chi connectivity index (χ3v) is 13.0. The molecule has 8 rings (SSSR count).